The van der Waals surface area contributed by atoms with Gasteiger partial charge in [-0.2, -0.15) is 0 Å². The lowest BCUT2D eigenvalue weighted by Crippen LogP contribution is -2.29. The Labute approximate surface area is 130 Å². The third-order valence-corrected chi connectivity index (χ3v) is 3.74. The summed E-state index contributed by atoms with van der Waals surface area (Å²) in [5.74, 6) is 0.770. The van der Waals surface area contributed by atoms with Crippen molar-refractivity contribution in [3.8, 4) is 0 Å². The molecule has 2 aromatic rings. The molecule has 1 atom stereocenters. The van der Waals surface area contributed by atoms with E-state index < -0.39 is 0 Å². The van der Waals surface area contributed by atoms with Crippen LogP contribution in [0.1, 0.15) is 28.4 Å². The zero-order valence-corrected chi connectivity index (χ0v) is 12.4. The Morgan fingerprint density at radius 1 is 1.14 bits per heavy atom. The van der Waals surface area contributed by atoms with Gasteiger partial charge in [0.05, 0.1) is 0 Å². The van der Waals surface area contributed by atoms with Crippen LogP contribution in [0.2, 0.25) is 0 Å². The zero-order chi connectivity index (χ0) is 13.9. The summed E-state index contributed by atoms with van der Waals surface area (Å²) in [6, 6.07) is 15.5. The van der Waals surface area contributed by atoms with E-state index in [4.69, 9.17) is 5.73 Å². The van der Waals surface area contributed by atoms with Crippen molar-refractivity contribution in [2.24, 2.45) is 0 Å². The van der Waals surface area contributed by atoms with Gasteiger partial charge in [0.25, 0.3) is 5.91 Å². The van der Waals surface area contributed by atoms with Crippen molar-refractivity contribution < 1.29 is 4.79 Å². The molecule has 0 radical (unpaired) electrons. The third kappa shape index (κ3) is 3.34. The molecular formula is C16H18ClN3O. The maximum Gasteiger partial charge on any atom is 0.272 e. The van der Waals surface area contributed by atoms with E-state index in [1.165, 1.54) is 5.56 Å². The molecule has 3 rings (SSSR count). The molecule has 2 N–H and O–H groups in total. The second kappa shape index (κ2) is 6.59. The van der Waals surface area contributed by atoms with Gasteiger partial charge in [0.1, 0.15) is 11.5 Å². The Morgan fingerprint density at radius 3 is 2.62 bits per heavy atom. The highest BCUT2D eigenvalue weighted by Gasteiger charge is 2.28. The molecule has 0 saturated carbocycles. The summed E-state index contributed by atoms with van der Waals surface area (Å²) in [5, 5.41) is 0. The fraction of sp³-hybridized carbons (Fsp3) is 0.250. The number of carbonyl (C=O) groups excluding carboxylic acids is 1. The number of benzene rings is 1. The number of anilines is 1. The van der Waals surface area contributed by atoms with Crippen LogP contribution in [0, 0.1) is 0 Å². The van der Waals surface area contributed by atoms with E-state index in [0.29, 0.717) is 17.4 Å². The number of nitrogens with zero attached hydrogens (tertiary/aromatic N) is 2. The number of aromatic nitrogens is 1. The van der Waals surface area contributed by atoms with E-state index in [1.54, 1.807) is 18.2 Å². The van der Waals surface area contributed by atoms with E-state index in [-0.39, 0.29) is 18.3 Å². The number of rotatable bonds is 2. The van der Waals surface area contributed by atoms with Gasteiger partial charge in [-0.3, -0.25) is 4.79 Å². The first kappa shape index (κ1) is 15.3. The minimum Gasteiger partial charge on any atom is -0.384 e. The van der Waals surface area contributed by atoms with Crippen LogP contribution in [0.25, 0.3) is 0 Å². The molecule has 0 bridgehead atoms. The van der Waals surface area contributed by atoms with Crippen molar-refractivity contribution in [1.82, 2.24) is 9.88 Å². The minimum atomic E-state index is -0.0317. The number of likely N-dealkylation sites (tertiary alicyclic amines) is 1. The van der Waals surface area contributed by atoms with E-state index in [0.717, 1.165) is 19.5 Å². The van der Waals surface area contributed by atoms with Gasteiger partial charge in [-0.25, -0.2) is 4.98 Å². The molecule has 110 valence electrons. The average molecular weight is 304 g/mol. The molecule has 1 aliphatic rings. The van der Waals surface area contributed by atoms with E-state index in [1.807, 2.05) is 23.1 Å². The van der Waals surface area contributed by atoms with Gasteiger partial charge in [-0.15, -0.1) is 12.4 Å². The number of nitrogens with two attached hydrogens (primary N) is 1. The molecular weight excluding hydrogens is 286 g/mol. The van der Waals surface area contributed by atoms with Crippen LogP contribution in [-0.2, 0) is 0 Å². The number of carbonyl (C=O) groups is 1. The summed E-state index contributed by atoms with van der Waals surface area (Å²) in [6.07, 6.45) is 0.998. The predicted octanol–water partition coefficient (Wildman–Crippen LogP) is 2.72. The lowest BCUT2D eigenvalue weighted by atomic mass is 9.99. The summed E-state index contributed by atoms with van der Waals surface area (Å²) in [4.78, 5) is 18.3. The Balaban J connectivity index is 0.00000161. The molecule has 5 heteroatoms. The minimum absolute atomic E-state index is 0. The van der Waals surface area contributed by atoms with Crippen molar-refractivity contribution >= 4 is 24.1 Å². The SMILES string of the molecule is Cl.Nc1cccc(C(=O)N2CCC(c3ccccc3)C2)n1. The number of nitrogen functional groups attached to an aromatic ring is 1. The summed E-state index contributed by atoms with van der Waals surface area (Å²) in [7, 11) is 0. The first-order valence-electron chi connectivity index (χ1n) is 6.81. The van der Waals surface area contributed by atoms with Crippen molar-refractivity contribution in [3.63, 3.8) is 0 Å². The molecule has 1 unspecified atom stereocenters. The van der Waals surface area contributed by atoms with Gasteiger partial charge >= 0.3 is 0 Å². The molecule has 0 spiro atoms. The van der Waals surface area contributed by atoms with Crippen LogP contribution in [0.15, 0.2) is 48.5 Å². The van der Waals surface area contributed by atoms with Crippen molar-refractivity contribution in [2.45, 2.75) is 12.3 Å². The van der Waals surface area contributed by atoms with Crippen molar-refractivity contribution in [1.29, 1.82) is 0 Å². The molecule has 1 fully saturated rings. The highest BCUT2D eigenvalue weighted by molar-refractivity contribution is 5.92. The number of pyridine rings is 1. The molecule has 1 saturated heterocycles. The van der Waals surface area contributed by atoms with E-state index in [9.17, 15) is 4.79 Å². The summed E-state index contributed by atoms with van der Waals surface area (Å²) >= 11 is 0. The second-order valence-corrected chi connectivity index (χ2v) is 5.10. The molecule has 21 heavy (non-hydrogen) atoms. The molecule has 2 heterocycles. The number of hydrogen-bond donors (Lipinski definition) is 1. The lowest BCUT2D eigenvalue weighted by Gasteiger charge is -2.16. The Hall–Kier alpha value is -2.07. The lowest BCUT2D eigenvalue weighted by molar-refractivity contribution is 0.0785. The zero-order valence-electron chi connectivity index (χ0n) is 11.6. The van der Waals surface area contributed by atoms with Gasteiger partial charge in [-0.1, -0.05) is 36.4 Å². The maximum absolute atomic E-state index is 12.4. The second-order valence-electron chi connectivity index (χ2n) is 5.10. The van der Waals surface area contributed by atoms with Crippen LogP contribution in [0.3, 0.4) is 0 Å². The number of halogens is 1. The number of amides is 1. The van der Waals surface area contributed by atoms with Crippen LogP contribution in [0.4, 0.5) is 5.82 Å². The fourth-order valence-electron chi connectivity index (χ4n) is 2.67. The highest BCUT2D eigenvalue weighted by atomic mass is 35.5. The summed E-state index contributed by atoms with van der Waals surface area (Å²) in [6.45, 7) is 1.52. The monoisotopic (exact) mass is 303 g/mol. The van der Waals surface area contributed by atoms with Gasteiger partial charge in [0.15, 0.2) is 0 Å². The smallest absolute Gasteiger partial charge is 0.272 e. The molecule has 1 amide bonds. The first-order valence-corrected chi connectivity index (χ1v) is 6.81. The summed E-state index contributed by atoms with van der Waals surface area (Å²) in [5.41, 5.74) is 7.36. The van der Waals surface area contributed by atoms with Crippen LogP contribution in [-0.4, -0.2) is 28.9 Å². The van der Waals surface area contributed by atoms with Crippen molar-refractivity contribution in [2.75, 3.05) is 18.8 Å². The predicted molar refractivity (Wildman–Crippen MR) is 85.6 cm³/mol. The van der Waals surface area contributed by atoms with Crippen LogP contribution in [0.5, 0.6) is 0 Å². The fourth-order valence-corrected chi connectivity index (χ4v) is 2.67. The standard InChI is InChI=1S/C16H17N3O.ClH/c17-15-8-4-7-14(18-15)16(20)19-10-9-13(11-19)12-5-2-1-3-6-12;/h1-8,13H,9-11H2,(H2,17,18);1H. The quantitative estimate of drug-likeness (QED) is 0.928. The Kier molecular flexibility index (Phi) is 4.81. The Morgan fingerprint density at radius 2 is 1.90 bits per heavy atom. The third-order valence-electron chi connectivity index (χ3n) is 3.74. The largest absolute Gasteiger partial charge is 0.384 e. The number of hydrogen-bond acceptors (Lipinski definition) is 3. The van der Waals surface area contributed by atoms with Gasteiger partial charge in [0.2, 0.25) is 0 Å². The molecule has 1 aromatic carbocycles. The van der Waals surface area contributed by atoms with Crippen LogP contribution >= 0.6 is 12.4 Å². The van der Waals surface area contributed by atoms with Gasteiger partial charge < -0.3 is 10.6 Å². The maximum atomic E-state index is 12.4. The Bertz CT molecular complexity index is 618. The van der Waals surface area contributed by atoms with Gasteiger partial charge in [0, 0.05) is 19.0 Å². The van der Waals surface area contributed by atoms with E-state index >= 15 is 0 Å². The average Bonchev–Trinajstić information content (AvgIpc) is 2.97. The first-order chi connectivity index (χ1) is 9.74. The normalized spacial score (nSPS) is 17.3. The van der Waals surface area contributed by atoms with Gasteiger partial charge in [-0.05, 0) is 24.1 Å². The topological polar surface area (TPSA) is 59.2 Å². The van der Waals surface area contributed by atoms with Crippen LogP contribution < -0.4 is 5.73 Å². The molecule has 0 aliphatic carbocycles. The summed E-state index contributed by atoms with van der Waals surface area (Å²) < 4.78 is 0. The van der Waals surface area contributed by atoms with Crippen molar-refractivity contribution in [3.05, 3.63) is 59.8 Å². The van der Waals surface area contributed by atoms with E-state index in [2.05, 4.69) is 17.1 Å². The molecule has 1 aliphatic heterocycles. The molecule has 4 nitrogen and oxygen atoms in total. The molecule has 1 aromatic heterocycles. The highest BCUT2D eigenvalue weighted by Crippen LogP contribution is 2.27.